The van der Waals surface area contributed by atoms with Gasteiger partial charge in [-0.15, -0.1) is 0 Å². The van der Waals surface area contributed by atoms with Gasteiger partial charge >= 0.3 is 28.5 Å². The third-order valence-electron chi connectivity index (χ3n) is 21.3. The molecule has 30 heteroatoms. The Morgan fingerprint density at radius 2 is 0.585 bits per heavy atom. The Kier molecular flexibility index (Phi) is 23.0. The number of carbonyl (C=O) groups excluding carboxylic acids is 7. The van der Waals surface area contributed by atoms with Gasteiger partial charge in [0.05, 0.1) is 67.1 Å². The maximum Gasteiger partial charge on any atom is 0.494 e. The number of benzene rings is 6. The first-order valence-electron chi connectivity index (χ1n) is 35.2. The lowest BCUT2D eigenvalue weighted by molar-refractivity contribution is -0.120. The summed E-state index contributed by atoms with van der Waals surface area (Å²) in [5.41, 5.74) is 1.99. The van der Waals surface area contributed by atoms with E-state index >= 15 is 17.6 Å². The molecule has 4 aliphatic rings. The van der Waals surface area contributed by atoms with E-state index in [1.54, 1.807) is 12.1 Å². The third kappa shape index (κ3) is 17.6. The summed E-state index contributed by atoms with van der Waals surface area (Å²) in [4.78, 5) is 95.8. The molecule has 1 unspecified atom stereocenters. The molecule has 0 aliphatic carbocycles. The topological polar surface area (TPSA) is 292 Å². The van der Waals surface area contributed by atoms with Gasteiger partial charge in [0.15, 0.2) is 0 Å². The summed E-state index contributed by atoms with van der Waals surface area (Å²) in [5, 5.41) is 16.3. The number of primary amides is 1. The van der Waals surface area contributed by atoms with Gasteiger partial charge in [0.2, 0.25) is 5.91 Å². The van der Waals surface area contributed by atoms with Crippen LogP contribution in [0.3, 0.4) is 0 Å². The second kappa shape index (κ2) is 30.5. The molecule has 4 aliphatic heterocycles. The Hall–Kier alpha value is -8.73. The van der Waals surface area contributed by atoms with Gasteiger partial charge in [0.25, 0.3) is 35.4 Å². The second-order valence-electron chi connectivity index (χ2n) is 31.3. The number of unbranched alkanes of at least 4 members (excludes halogenated alkanes) is 1. The van der Waals surface area contributed by atoms with E-state index in [1.165, 1.54) is 84.9 Å². The zero-order valence-electron chi connectivity index (χ0n) is 62.6. The van der Waals surface area contributed by atoms with E-state index in [4.69, 9.17) is 43.0 Å². The highest BCUT2D eigenvalue weighted by molar-refractivity contribution is 6.63. The molecule has 8 N–H and O–H groups in total. The molecule has 0 aromatic heterocycles. The molecule has 10 rings (SSSR count). The van der Waals surface area contributed by atoms with Crippen molar-refractivity contribution < 1.29 is 88.4 Å². The average molecular weight is 1460 g/mol. The molecule has 6 aromatic carbocycles. The highest BCUT2D eigenvalue weighted by Crippen LogP contribution is 2.40. The summed E-state index contributed by atoms with van der Waals surface area (Å²) in [7, 11) is -3.56. The molecular weight excluding hydrogens is 1370 g/mol. The zero-order chi connectivity index (χ0) is 77.6. The van der Waals surface area contributed by atoms with Gasteiger partial charge in [-0.2, -0.15) is 0 Å². The second-order valence-corrected chi connectivity index (χ2v) is 31.3. The Morgan fingerprint density at radius 1 is 0.340 bits per heavy atom. The van der Waals surface area contributed by atoms with E-state index in [9.17, 15) is 33.6 Å². The van der Waals surface area contributed by atoms with E-state index in [1.807, 2.05) is 111 Å². The van der Waals surface area contributed by atoms with Crippen LogP contribution in [-0.4, -0.2) is 127 Å². The molecule has 0 bridgehead atoms. The average Bonchev–Trinajstić information content (AvgIpc) is 1.64. The first-order chi connectivity index (χ1) is 49.4. The van der Waals surface area contributed by atoms with Gasteiger partial charge in [0, 0.05) is 43.9 Å². The Morgan fingerprint density at radius 3 is 0.821 bits per heavy atom. The van der Waals surface area contributed by atoms with Crippen LogP contribution in [0.15, 0.2) is 109 Å². The summed E-state index contributed by atoms with van der Waals surface area (Å²) < 4.78 is 112. The maximum atomic E-state index is 15.8. The van der Waals surface area contributed by atoms with Crippen LogP contribution < -0.4 is 59.5 Å². The summed E-state index contributed by atoms with van der Waals surface area (Å²) in [6.07, 6.45) is 0.478. The van der Waals surface area contributed by atoms with Gasteiger partial charge in [-0.3, -0.25) is 33.6 Å². The minimum atomic E-state index is -1.26. The predicted octanol–water partition coefficient (Wildman–Crippen LogP) is 7.34. The summed E-state index contributed by atoms with van der Waals surface area (Å²) in [6.45, 7) is 28.8. The van der Waals surface area contributed by atoms with Crippen molar-refractivity contribution >= 4 is 91.7 Å². The predicted molar refractivity (Wildman–Crippen MR) is 393 cm³/mol. The monoisotopic (exact) mass is 1460 g/mol. The van der Waals surface area contributed by atoms with Crippen molar-refractivity contribution in [2.45, 2.75) is 207 Å². The van der Waals surface area contributed by atoms with Crippen LogP contribution in [0.2, 0.25) is 0 Å². The number of halogens is 4. The maximum absolute atomic E-state index is 15.8. The first-order valence-corrected chi connectivity index (χ1v) is 35.2. The Labute approximate surface area is 616 Å². The molecule has 4 saturated heterocycles. The van der Waals surface area contributed by atoms with Crippen molar-refractivity contribution in [2.24, 2.45) is 5.73 Å². The Bertz CT molecular complexity index is 4140. The fraction of sp³-hybridized carbons (Fsp3) is 0.434. The van der Waals surface area contributed by atoms with Crippen LogP contribution in [0.5, 0.6) is 0 Å². The van der Waals surface area contributed by atoms with Gasteiger partial charge in [-0.05, 0) is 247 Å². The van der Waals surface area contributed by atoms with E-state index in [-0.39, 0.29) is 85.4 Å². The van der Waals surface area contributed by atoms with Crippen LogP contribution in [0.25, 0.3) is 0 Å². The Balaban J connectivity index is 0.801. The number of hydrogen-bond donors (Lipinski definition) is 7. The molecular formula is C76H91B4F4N7O15. The van der Waals surface area contributed by atoms with E-state index in [2.05, 4.69) is 31.9 Å². The summed E-state index contributed by atoms with van der Waals surface area (Å²) in [6, 6.07) is 23.8. The molecule has 6 aromatic rings. The van der Waals surface area contributed by atoms with Crippen molar-refractivity contribution in [3.05, 3.63) is 188 Å². The summed E-state index contributed by atoms with van der Waals surface area (Å²) >= 11 is 0. The van der Waals surface area contributed by atoms with Crippen molar-refractivity contribution in [1.82, 2.24) is 31.9 Å². The van der Waals surface area contributed by atoms with Crippen molar-refractivity contribution in [3.8, 4) is 0 Å². The number of rotatable bonds is 25. The standard InChI is InChI=1S/C76H91B4F4N7O15/c1-69(2)70(3,4)100-77(99-69)49-20-24-53(57(81)35-49)65(95)87-39-43-29-44(40-88-66(96)54-25-21-50(36-58(54)82)78-101-71(5,6)72(7,8)102-78)32-47(31-43)63(93)86-28-18-17-19-61(62(85)92)91-64(94)48-33-45(41-89-67(97)55-26-22-51(37-59(55)83)79-103-73(9,10)74(11,12)104-79)30-46(34-48)42-90-68(98)56-27-23-52(38-60(56)84)80-105-75(13,14)76(15,16)106-80/h20-27,29-38,61H,17-19,28,39-42H2,1-16H3,(H2,85,92)(H,86,93)(H,87,95)(H,88,96)(H,89,97)(H,90,98)(H,91,94). The minimum absolute atomic E-state index is 0.00396. The normalized spacial score (nSPS) is 18.6. The number of hydrogen-bond acceptors (Lipinski definition) is 15. The van der Waals surface area contributed by atoms with Crippen LogP contribution in [-0.2, 0) is 68.2 Å². The molecule has 1 atom stereocenters. The minimum Gasteiger partial charge on any atom is -0.399 e. The largest absolute Gasteiger partial charge is 0.494 e. The van der Waals surface area contributed by atoms with E-state index < -0.39 is 144 Å². The molecule has 0 spiro atoms. The summed E-state index contributed by atoms with van der Waals surface area (Å²) in [5.74, 6) is -8.79. The van der Waals surface area contributed by atoms with E-state index in [0.717, 1.165) is 12.1 Å². The van der Waals surface area contributed by atoms with Crippen molar-refractivity contribution in [1.29, 1.82) is 0 Å². The molecule has 4 fully saturated rings. The lowest BCUT2D eigenvalue weighted by Gasteiger charge is -2.32. The molecule has 4 heterocycles. The van der Waals surface area contributed by atoms with Gasteiger partial charge in [-0.25, -0.2) is 17.6 Å². The fourth-order valence-electron chi connectivity index (χ4n) is 12.0. The van der Waals surface area contributed by atoms with Gasteiger partial charge in [0.1, 0.15) is 29.3 Å². The number of amides is 7. The van der Waals surface area contributed by atoms with Crippen LogP contribution in [0.1, 0.15) is 214 Å². The molecule has 106 heavy (non-hydrogen) atoms. The van der Waals surface area contributed by atoms with Crippen LogP contribution >= 0.6 is 0 Å². The third-order valence-corrected chi connectivity index (χ3v) is 21.3. The van der Waals surface area contributed by atoms with E-state index in [0.29, 0.717) is 44.1 Å². The molecule has 0 saturated carbocycles. The van der Waals surface area contributed by atoms with Crippen molar-refractivity contribution in [2.75, 3.05) is 6.54 Å². The van der Waals surface area contributed by atoms with Crippen LogP contribution in [0.4, 0.5) is 17.6 Å². The van der Waals surface area contributed by atoms with Gasteiger partial charge in [-0.1, -0.05) is 36.4 Å². The lowest BCUT2D eigenvalue weighted by Crippen LogP contribution is -2.44. The molecule has 0 radical (unpaired) electrons. The molecule has 7 amide bonds. The zero-order valence-corrected chi connectivity index (χ0v) is 62.6. The van der Waals surface area contributed by atoms with Crippen LogP contribution in [0, 0.1) is 23.3 Å². The fourth-order valence-corrected chi connectivity index (χ4v) is 12.0. The SMILES string of the molecule is CC1(C)OB(c2ccc(C(=O)NCc3cc(CNC(=O)c4ccc(B5OC(C)(C)C(C)(C)O5)cc4F)cc(C(=O)NCCCCC(NC(=O)c4cc(CNC(=O)c5ccc(B6OC(C)(C)C(C)(C)O6)cc5F)cc(CNC(=O)c5ccc(B6OC(C)(C)C(C)(C)O6)cc5F)c4)C(N)=O)c3)c(F)c2)OC1(C)C. The first kappa shape index (κ1) is 79.8. The number of nitrogens with two attached hydrogens (primary N) is 1. The number of nitrogens with one attached hydrogen (secondary N) is 6. The smallest absolute Gasteiger partial charge is 0.399 e. The lowest BCUT2D eigenvalue weighted by atomic mass is 9.78. The molecule has 560 valence electrons. The quantitative estimate of drug-likeness (QED) is 0.0168. The van der Waals surface area contributed by atoms with Gasteiger partial charge < -0.3 is 74.9 Å². The van der Waals surface area contributed by atoms with Crippen molar-refractivity contribution in [3.63, 3.8) is 0 Å². The molecule has 22 nitrogen and oxygen atoms in total. The number of carbonyl (C=O) groups is 7. The highest BCUT2D eigenvalue weighted by Gasteiger charge is 2.55. The highest BCUT2D eigenvalue weighted by atomic mass is 19.1.